The first-order valence-electron chi connectivity index (χ1n) is 16.5. The average molecular weight is 640 g/mol. The van der Waals surface area contributed by atoms with E-state index in [0.717, 1.165) is 62.3 Å². The van der Waals surface area contributed by atoms with Crippen molar-refractivity contribution < 1.29 is 17.7 Å². The van der Waals surface area contributed by atoms with Crippen LogP contribution in [-0.2, 0) is 7.05 Å². The van der Waals surface area contributed by atoms with Crippen LogP contribution in [0.25, 0.3) is 61.1 Å². The summed E-state index contributed by atoms with van der Waals surface area (Å²) < 4.78 is 47.5. The Morgan fingerprint density at radius 1 is 0.583 bits per heavy atom. The van der Waals surface area contributed by atoms with Gasteiger partial charge in [-0.1, -0.05) is 88.4 Å². The number of imidazole rings is 1. The predicted octanol–water partition coefficient (Wildman–Crippen LogP) is 11.6. The first-order valence-corrected chi connectivity index (χ1v) is 16.5. The molecule has 1 aromatic heterocycles. The highest BCUT2D eigenvalue weighted by Crippen LogP contribution is 2.41. The summed E-state index contributed by atoms with van der Waals surface area (Å²) >= 11 is 0. The molecule has 0 aliphatic carbocycles. The molecule has 2 nitrogen and oxygen atoms in total. The largest absolute Gasteiger partial charge is 0.295 e. The zero-order valence-corrected chi connectivity index (χ0v) is 28.1. The molecule has 7 rings (SSSR count). The maximum atomic E-state index is 14.5. The van der Waals surface area contributed by atoms with Crippen LogP contribution in [-0.4, -0.2) is 4.57 Å². The lowest BCUT2D eigenvalue weighted by atomic mass is 9.88. The first kappa shape index (κ1) is 31.4. The molecule has 0 aliphatic rings. The standard InChI is InChI=1S/C43H38F3N2/c1-25(2)34-20-32(28-12-8-7-9-13-28)21-35(26(3)4)42(34)48-40-24-31(33-22-37(44)41(46)38(45)23-33)16-17-39(40)47(6)43(48)36-19-30-15-11-10-14-29(30)18-27(36)5/h7-26H,1-6H3/q+1. The predicted molar refractivity (Wildman–Crippen MR) is 191 cm³/mol. The summed E-state index contributed by atoms with van der Waals surface area (Å²) in [7, 11) is 2.07. The Labute approximate surface area is 279 Å². The van der Waals surface area contributed by atoms with Gasteiger partial charge >= 0.3 is 0 Å². The van der Waals surface area contributed by atoms with Crippen LogP contribution in [0.5, 0.6) is 0 Å². The van der Waals surface area contributed by atoms with Crippen LogP contribution in [0.2, 0.25) is 0 Å². The van der Waals surface area contributed by atoms with E-state index in [1.165, 1.54) is 16.5 Å². The Balaban J connectivity index is 1.63. The molecule has 0 bridgehead atoms. The van der Waals surface area contributed by atoms with Crippen LogP contribution >= 0.6 is 0 Å². The highest BCUT2D eigenvalue weighted by Gasteiger charge is 2.32. The Kier molecular flexibility index (Phi) is 7.95. The third-order valence-corrected chi connectivity index (χ3v) is 9.50. The Morgan fingerprint density at radius 3 is 1.75 bits per heavy atom. The molecule has 0 saturated heterocycles. The third kappa shape index (κ3) is 5.28. The minimum absolute atomic E-state index is 0.179. The first-order chi connectivity index (χ1) is 23.0. The second-order valence-electron chi connectivity index (χ2n) is 13.4. The maximum absolute atomic E-state index is 14.5. The average Bonchev–Trinajstić information content (AvgIpc) is 3.36. The minimum atomic E-state index is -1.47. The van der Waals surface area contributed by atoms with E-state index in [-0.39, 0.29) is 17.4 Å². The molecule has 0 atom stereocenters. The second kappa shape index (κ2) is 12.1. The summed E-state index contributed by atoms with van der Waals surface area (Å²) in [5.41, 5.74) is 10.8. The zero-order valence-electron chi connectivity index (χ0n) is 28.1. The van der Waals surface area contributed by atoms with Crippen LogP contribution in [0, 0.1) is 24.4 Å². The summed E-state index contributed by atoms with van der Waals surface area (Å²) in [5, 5.41) is 2.31. The Hall–Kier alpha value is -5.16. The topological polar surface area (TPSA) is 8.81 Å². The molecule has 240 valence electrons. The van der Waals surface area contributed by atoms with Gasteiger partial charge in [0.2, 0.25) is 0 Å². The number of halogens is 3. The van der Waals surface area contributed by atoms with Crippen LogP contribution in [0.1, 0.15) is 56.2 Å². The lowest BCUT2D eigenvalue weighted by molar-refractivity contribution is -0.633. The number of aryl methyl sites for hydroxylation is 2. The van der Waals surface area contributed by atoms with E-state index < -0.39 is 17.5 Å². The molecule has 1 heterocycles. The smallest absolute Gasteiger partial charge is 0.225 e. The SMILES string of the molecule is Cc1cc2ccccc2cc1-c1n(-c2c(C(C)C)cc(-c3ccccc3)cc2C(C)C)c2cc(-c3cc(F)c(F)c(F)c3)ccc2[n+]1C. The molecule has 6 aromatic carbocycles. The van der Waals surface area contributed by atoms with Crippen molar-refractivity contribution in [1.29, 1.82) is 0 Å². The summed E-state index contributed by atoms with van der Waals surface area (Å²) in [6.07, 6.45) is 0. The summed E-state index contributed by atoms with van der Waals surface area (Å²) in [4.78, 5) is 0. The molecule has 0 N–H and O–H groups in total. The summed E-state index contributed by atoms with van der Waals surface area (Å²) in [6.45, 7) is 11.0. The van der Waals surface area contributed by atoms with Crippen molar-refractivity contribution >= 4 is 21.8 Å². The van der Waals surface area contributed by atoms with E-state index in [2.05, 4.69) is 124 Å². The molecule has 48 heavy (non-hydrogen) atoms. The Morgan fingerprint density at radius 2 is 1.15 bits per heavy atom. The lowest BCUT2D eigenvalue weighted by Gasteiger charge is -2.21. The highest BCUT2D eigenvalue weighted by molar-refractivity contribution is 5.91. The summed E-state index contributed by atoms with van der Waals surface area (Å²) in [6, 6.07) is 35.9. The molecule has 0 radical (unpaired) electrons. The van der Waals surface area contributed by atoms with Gasteiger partial charge in [0.1, 0.15) is 5.69 Å². The van der Waals surface area contributed by atoms with Gasteiger partial charge in [0.05, 0.1) is 12.6 Å². The quantitative estimate of drug-likeness (QED) is 0.126. The molecule has 0 aliphatic heterocycles. The highest BCUT2D eigenvalue weighted by atomic mass is 19.2. The molecule has 0 saturated carbocycles. The van der Waals surface area contributed by atoms with Crippen molar-refractivity contribution in [3.63, 3.8) is 0 Å². The third-order valence-electron chi connectivity index (χ3n) is 9.50. The number of nitrogens with zero attached hydrogens (tertiary/aromatic N) is 2. The van der Waals surface area contributed by atoms with Crippen molar-refractivity contribution in [2.45, 2.75) is 46.5 Å². The van der Waals surface area contributed by atoms with E-state index in [4.69, 9.17) is 0 Å². The van der Waals surface area contributed by atoms with Crippen molar-refractivity contribution in [2.75, 3.05) is 0 Å². The van der Waals surface area contributed by atoms with E-state index in [9.17, 15) is 13.2 Å². The lowest BCUT2D eigenvalue weighted by Crippen LogP contribution is -2.30. The zero-order chi connectivity index (χ0) is 33.9. The van der Waals surface area contributed by atoms with Gasteiger partial charge in [-0.3, -0.25) is 0 Å². The number of fused-ring (bicyclic) bond motifs is 2. The van der Waals surface area contributed by atoms with Crippen LogP contribution in [0.15, 0.2) is 109 Å². The number of hydrogen-bond acceptors (Lipinski definition) is 0. The number of rotatable bonds is 6. The van der Waals surface area contributed by atoms with Crippen LogP contribution in [0.3, 0.4) is 0 Å². The molecular formula is C43H38F3N2+. The fourth-order valence-electron chi connectivity index (χ4n) is 7.00. The van der Waals surface area contributed by atoms with E-state index in [0.29, 0.717) is 5.56 Å². The maximum Gasteiger partial charge on any atom is 0.295 e. The molecule has 0 unspecified atom stereocenters. The Bertz CT molecular complexity index is 2300. The number of hydrogen-bond donors (Lipinski definition) is 0. The van der Waals surface area contributed by atoms with Gasteiger partial charge in [-0.05, 0) is 106 Å². The second-order valence-corrected chi connectivity index (χ2v) is 13.4. The van der Waals surface area contributed by atoms with Crippen LogP contribution < -0.4 is 4.57 Å². The van der Waals surface area contributed by atoms with Gasteiger partial charge in [0.25, 0.3) is 5.82 Å². The number of benzene rings is 6. The van der Waals surface area contributed by atoms with E-state index in [1.54, 1.807) is 0 Å². The number of aromatic nitrogens is 2. The fraction of sp³-hybridized carbons (Fsp3) is 0.186. The van der Waals surface area contributed by atoms with Gasteiger partial charge in [0.15, 0.2) is 28.5 Å². The molecule has 0 fully saturated rings. The van der Waals surface area contributed by atoms with Crippen LogP contribution in [0.4, 0.5) is 13.2 Å². The normalized spacial score (nSPS) is 11.8. The monoisotopic (exact) mass is 639 g/mol. The molecule has 0 spiro atoms. The van der Waals surface area contributed by atoms with Crippen molar-refractivity contribution in [3.05, 3.63) is 143 Å². The molecule has 7 aromatic rings. The van der Waals surface area contributed by atoms with E-state index in [1.807, 2.05) is 24.3 Å². The van der Waals surface area contributed by atoms with Crippen molar-refractivity contribution in [2.24, 2.45) is 7.05 Å². The van der Waals surface area contributed by atoms with Gasteiger partial charge in [-0.15, -0.1) is 0 Å². The van der Waals surface area contributed by atoms with Gasteiger partial charge in [0, 0.05) is 11.1 Å². The minimum Gasteiger partial charge on any atom is -0.225 e. The van der Waals surface area contributed by atoms with Gasteiger partial charge < -0.3 is 0 Å². The molecular weight excluding hydrogens is 601 g/mol. The van der Waals surface area contributed by atoms with Gasteiger partial charge in [-0.2, -0.15) is 4.57 Å². The molecule has 0 amide bonds. The van der Waals surface area contributed by atoms with Gasteiger partial charge in [-0.25, -0.2) is 17.7 Å². The molecule has 5 heteroatoms. The fourth-order valence-corrected chi connectivity index (χ4v) is 7.00. The van der Waals surface area contributed by atoms with E-state index >= 15 is 0 Å². The van der Waals surface area contributed by atoms with Crippen molar-refractivity contribution in [1.82, 2.24) is 4.57 Å². The van der Waals surface area contributed by atoms with Crippen molar-refractivity contribution in [3.8, 4) is 39.3 Å². The summed E-state index contributed by atoms with van der Waals surface area (Å²) in [5.74, 6) is -2.53.